The summed E-state index contributed by atoms with van der Waals surface area (Å²) in [7, 11) is -3.87. The largest absolute Gasteiger partial charge is 0.268 e. The Morgan fingerprint density at radius 2 is 1.71 bits per heavy atom. The van der Waals surface area contributed by atoms with Gasteiger partial charge >= 0.3 is 0 Å². The number of halogens is 1. The van der Waals surface area contributed by atoms with Crippen molar-refractivity contribution in [2.75, 3.05) is 4.31 Å². The van der Waals surface area contributed by atoms with Gasteiger partial charge in [0.25, 0.3) is 10.0 Å². The van der Waals surface area contributed by atoms with E-state index in [2.05, 4.69) is 5.10 Å². The van der Waals surface area contributed by atoms with Gasteiger partial charge in [0.05, 0.1) is 29.8 Å². The van der Waals surface area contributed by atoms with Crippen LogP contribution in [-0.2, 0) is 16.6 Å². The molecular formula is C26H19ClN4O2S. The van der Waals surface area contributed by atoms with Gasteiger partial charge in [-0.2, -0.15) is 5.10 Å². The maximum absolute atomic E-state index is 13.8. The predicted molar refractivity (Wildman–Crippen MR) is 133 cm³/mol. The van der Waals surface area contributed by atoms with Crippen molar-refractivity contribution in [2.24, 2.45) is 0 Å². The third-order valence-electron chi connectivity index (χ3n) is 6.03. The predicted octanol–water partition coefficient (Wildman–Crippen LogP) is 5.73. The molecule has 3 aromatic carbocycles. The average molecular weight is 487 g/mol. The highest BCUT2D eigenvalue weighted by atomic mass is 35.5. The molecule has 1 aliphatic heterocycles. The van der Waals surface area contributed by atoms with E-state index in [9.17, 15) is 8.42 Å². The summed E-state index contributed by atoms with van der Waals surface area (Å²) < 4.78 is 30.7. The molecule has 5 aromatic rings. The summed E-state index contributed by atoms with van der Waals surface area (Å²) in [5, 5.41) is 5.20. The number of aromatic nitrogens is 3. The number of fused-ring (bicyclic) bond motifs is 4. The van der Waals surface area contributed by atoms with Crippen molar-refractivity contribution >= 4 is 33.0 Å². The standard InChI is InChI=1S/C26H19ClN4O2S/c1-17-24(19-10-7-11-20(27)14-19)26-28-25-21-12-5-6-13-22(21)31(15-18-8-3-2-4-9-18)34(32,33)23(25)16-30(26)29-17/h2-14,16H,15H2,1H3. The molecule has 34 heavy (non-hydrogen) atoms. The van der Waals surface area contributed by atoms with Crippen LogP contribution in [0.25, 0.3) is 28.0 Å². The van der Waals surface area contributed by atoms with Crippen molar-refractivity contribution in [3.8, 4) is 22.4 Å². The minimum atomic E-state index is -3.87. The van der Waals surface area contributed by atoms with Gasteiger partial charge in [-0.1, -0.05) is 72.3 Å². The first-order valence-corrected chi connectivity index (χ1v) is 12.6. The number of benzene rings is 3. The Morgan fingerprint density at radius 1 is 0.941 bits per heavy atom. The molecule has 6 nitrogen and oxygen atoms in total. The molecule has 0 unspecified atom stereocenters. The van der Waals surface area contributed by atoms with Crippen molar-refractivity contribution in [3.05, 3.63) is 101 Å². The second-order valence-corrected chi connectivity index (χ2v) is 10.5. The second-order valence-electron chi connectivity index (χ2n) is 8.21. The Morgan fingerprint density at radius 3 is 2.50 bits per heavy atom. The molecule has 0 amide bonds. The van der Waals surface area contributed by atoms with Gasteiger partial charge in [0.1, 0.15) is 4.90 Å². The summed E-state index contributed by atoms with van der Waals surface area (Å²) in [6.45, 7) is 2.11. The van der Waals surface area contributed by atoms with Crippen LogP contribution in [0.2, 0.25) is 5.02 Å². The maximum Gasteiger partial charge on any atom is 0.268 e. The Labute approximate surface area is 202 Å². The first kappa shape index (κ1) is 20.9. The third-order valence-corrected chi connectivity index (χ3v) is 8.02. The zero-order valence-corrected chi connectivity index (χ0v) is 19.8. The lowest BCUT2D eigenvalue weighted by molar-refractivity contribution is 0.588. The van der Waals surface area contributed by atoms with Crippen molar-refractivity contribution in [1.29, 1.82) is 0 Å². The lowest BCUT2D eigenvalue weighted by Gasteiger charge is -2.31. The van der Waals surface area contributed by atoms with Gasteiger partial charge in [0.15, 0.2) is 5.65 Å². The van der Waals surface area contributed by atoms with E-state index in [0.717, 1.165) is 27.9 Å². The van der Waals surface area contributed by atoms with E-state index in [1.54, 1.807) is 10.7 Å². The van der Waals surface area contributed by atoms with Crippen LogP contribution in [0.3, 0.4) is 0 Å². The summed E-state index contributed by atoms with van der Waals surface area (Å²) in [6.07, 6.45) is 1.57. The fraction of sp³-hybridized carbons (Fsp3) is 0.0769. The Kier molecular flexibility index (Phi) is 4.72. The van der Waals surface area contributed by atoms with E-state index in [-0.39, 0.29) is 11.4 Å². The molecule has 6 rings (SSSR count). The fourth-order valence-electron chi connectivity index (χ4n) is 4.49. The quantitative estimate of drug-likeness (QED) is 0.326. The molecule has 0 radical (unpaired) electrons. The number of anilines is 1. The Bertz CT molecular complexity index is 1680. The van der Waals surface area contributed by atoms with E-state index < -0.39 is 10.0 Å². The van der Waals surface area contributed by atoms with E-state index in [0.29, 0.717) is 22.1 Å². The third kappa shape index (κ3) is 3.20. The van der Waals surface area contributed by atoms with Gasteiger partial charge in [-0.05, 0) is 36.2 Å². The van der Waals surface area contributed by atoms with Gasteiger partial charge in [0, 0.05) is 16.1 Å². The normalized spacial score (nSPS) is 14.1. The average Bonchev–Trinajstić information content (AvgIpc) is 3.16. The molecule has 1 aliphatic rings. The molecule has 3 heterocycles. The molecular weight excluding hydrogens is 468 g/mol. The van der Waals surface area contributed by atoms with Crippen LogP contribution in [0.15, 0.2) is 90.0 Å². The number of aryl methyl sites for hydroxylation is 1. The van der Waals surface area contributed by atoms with Gasteiger partial charge in [0.2, 0.25) is 0 Å². The number of hydrogen-bond donors (Lipinski definition) is 0. The highest BCUT2D eigenvalue weighted by molar-refractivity contribution is 7.93. The monoisotopic (exact) mass is 486 g/mol. The van der Waals surface area contributed by atoms with E-state index in [4.69, 9.17) is 16.6 Å². The molecule has 8 heteroatoms. The molecule has 0 bridgehead atoms. The van der Waals surface area contributed by atoms with Crippen LogP contribution in [-0.4, -0.2) is 23.0 Å². The summed E-state index contributed by atoms with van der Waals surface area (Å²) in [4.78, 5) is 5.01. The molecule has 0 atom stereocenters. The molecule has 0 aliphatic carbocycles. The Balaban J connectivity index is 1.60. The maximum atomic E-state index is 13.8. The summed E-state index contributed by atoms with van der Waals surface area (Å²) >= 11 is 6.24. The van der Waals surface area contributed by atoms with Crippen LogP contribution in [0, 0.1) is 6.92 Å². The number of rotatable bonds is 3. The van der Waals surface area contributed by atoms with Gasteiger partial charge in [-0.25, -0.2) is 17.9 Å². The van der Waals surface area contributed by atoms with E-state index >= 15 is 0 Å². The molecule has 2 aromatic heterocycles. The zero-order valence-electron chi connectivity index (χ0n) is 18.2. The van der Waals surface area contributed by atoms with Crippen LogP contribution in [0.4, 0.5) is 5.69 Å². The van der Waals surface area contributed by atoms with Crippen molar-refractivity contribution < 1.29 is 8.42 Å². The van der Waals surface area contributed by atoms with Crippen molar-refractivity contribution in [2.45, 2.75) is 18.4 Å². The van der Waals surface area contributed by atoms with Crippen LogP contribution in [0.5, 0.6) is 0 Å². The molecule has 0 fully saturated rings. The summed E-state index contributed by atoms with van der Waals surface area (Å²) in [6, 6.07) is 24.5. The van der Waals surface area contributed by atoms with Crippen LogP contribution in [0.1, 0.15) is 11.3 Å². The first-order valence-electron chi connectivity index (χ1n) is 10.8. The zero-order chi connectivity index (χ0) is 23.4. The molecule has 0 spiro atoms. The number of hydrogen-bond acceptors (Lipinski definition) is 4. The van der Waals surface area contributed by atoms with Crippen LogP contribution < -0.4 is 4.31 Å². The van der Waals surface area contributed by atoms with Crippen LogP contribution >= 0.6 is 11.6 Å². The van der Waals surface area contributed by atoms with Gasteiger partial charge in [-0.15, -0.1) is 0 Å². The minimum Gasteiger partial charge on any atom is -0.261 e. The smallest absolute Gasteiger partial charge is 0.261 e. The molecule has 0 N–H and O–H groups in total. The second kappa shape index (κ2) is 7.68. The van der Waals surface area contributed by atoms with E-state index in [1.807, 2.05) is 85.8 Å². The van der Waals surface area contributed by atoms with Gasteiger partial charge < -0.3 is 0 Å². The number of nitrogens with zero attached hydrogens (tertiary/aromatic N) is 4. The lowest BCUT2D eigenvalue weighted by atomic mass is 10.1. The Hall–Kier alpha value is -3.68. The lowest BCUT2D eigenvalue weighted by Crippen LogP contribution is -2.34. The highest BCUT2D eigenvalue weighted by Crippen LogP contribution is 2.43. The number of para-hydroxylation sites is 1. The minimum absolute atomic E-state index is 0.134. The summed E-state index contributed by atoms with van der Waals surface area (Å²) in [5.74, 6) is 0. The van der Waals surface area contributed by atoms with Gasteiger partial charge in [-0.3, -0.25) is 4.31 Å². The van der Waals surface area contributed by atoms with E-state index in [1.165, 1.54) is 4.31 Å². The molecule has 0 saturated heterocycles. The molecule has 168 valence electrons. The fourth-order valence-corrected chi connectivity index (χ4v) is 6.29. The number of sulfonamides is 1. The topological polar surface area (TPSA) is 67.6 Å². The highest BCUT2D eigenvalue weighted by Gasteiger charge is 2.37. The summed E-state index contributed by atoms with van der Waals surface area (Å²) in [5.41, 5.74) is 5.73. The first-order chi connectivity index (χ1) is 16.4. The SMILES string of the molecule is Cc1nn2cc3c(nc2c1-c1cccc(Cl)c1)-c1ccccc1N(Cc1ccccc1)S3(=O)=O. The van der Waals surface area contributed by atoms with Crippen molar-refractivity contribution in [3.63, 3.8) is 0 Å². The molecule has 0 saturated carbocycles. The van der Waals surface area contributed by atoms with Crippen molar-refractivity contribution in [1.82, 2.24) is 14.6 Å².